The van der Waals surface area contributed by atoms with Crippen molar-refractivity contribution in [2.75, 3.05) is 22.8 Å². The average Bonchev–Trinajstić information content (AvgIpc) is 3.19. The zero-order valence-electron chi connectivity index (χ0n) is 17.9. The molecule has 0 fully saturated rings. The minimum Gasteiger partial charge on any atom is -0.492 e. The number of ether oxygens (including phenoxy) is 1. The molecule has 3 aromatic rings. The van der Waals surface area contributed by atoms with Crippen LogP contribution in [0, 0.1) is 0 Å². The lowest BCUT2D eigenvalue weighted by Gasteiger charge is -2.25. The lowest BCUT2D eigenvalue weighted by molar-refractivity contribution is -0.114. The van der Waals surface area contributed by atoms with Gasteiger partial charge in [-0.25, -0.2) is 8.42 Å². The maximum absolute atomic E-state index is 13.5. The van der Waals surface area contributed by atoms with Crippen LogP contribution >= 0.6 is 23.1 Å². The highest BCUT2D eigenvalue weighted by atomic mass is 32.2. The van der Waals surface area contributed by atoms with Crippen LogP contribution in [0.2, 0.25) is 0 Å². The van der Waals surface area contributed by atoms with E-state index in [0.717, 1.165) is 8.64 Å². The molecule has 1 N–H and O–H groups in total. The maximum Gasteiger partial charge on any atom is 0.264 e. The first-order valence-corrected chi connectivity index (χ1v) is 13.0. The average molecular weight is 493 g/mol. The van der Waals surface area contributed by atoms with Gasteiger partial charge in [-0.05, 0) is 31.2 Å². The van der Waals surface area contributed by atoms with Gasteiger partial charge in [0.05, 0.1) is 17.2 Å². The van der Waals surface area contributed by atoms with Crippen LogP contribution in [0.3, 0.4) is 0 Å². The van der Waals surface area contributed by atoms with Crippen LogP contribution in [0.4, 0.5) is 10.8 Å². The Morgan fingerprint density at radius 2 is 1.81 bits per heavy atom. The predicted molar refractivity (Wildman–Crippen MR) is 128 cm³/mol. The molecule has 0 atom stereocenters. The number of sulfonamides is 1. The third-order valence-electron chi connectivity index (χ3n) is 4.04. The normalized spacial score (nSPS) is 11.4. The molecule has 32 heavy (non-hydrogen) atoms. The summed E-state index contributed by atoms with van der Waals surface area (Å²) < 4.78 is 34.3. The van der Waals surface area contributed by atoms with Gasteiger partial charge in [0.15, 0.2) is 4.34 Å². The first-order chi connectivity index (χ1) is 15.3. The maximum atomic E-state index is 13.5. The molecule has 0 aliphatic carbocycles. The van der Waals surface area contributed by atoms with E-state index in [1.165, 1.54) is 35.2 Å². The second-order valence-electron chi connectivity index (χ2n) is 6.81. The fourth-order valence-corrected chi connectivity index (χ4v) is 6.20. The van der Waals surface area contributed by atoms with Crippen molar-refractivity contribution >= 4 is 49.8 Å². The summed E-state index contributed by atoms with van der Waals surface area (Å²) in [6.45, 7) is 5.78. The van der Waals surface area contributed by atoms with E-state index in [1.807, 2.05) is 20.8 Å². The summed E-state index contributed by atoms with van der Waals surface area (Å²) in [7, 11) is -4.04. The van der Waals surface area contributed by atoms with E-state index in [0.29, 0.717) is 22.7 Å². The van der Waals surface area contributed by atoms with Crippen LogP contribution < -0.4 is 14.4 Å². The van der Waals surface area contributed by atoms with Crippen molar-refractivity contribution in [1.29, 1.82) is 0 Å². The molecule has 0 aliphatic heterocycles. The van der Waals surface area contributed by atoms with Crippen LogP contribution in [-0.2, 0) is 14.8 Å². The van der Waals surface area contributed by atoms with Crippen LogP contribution in [0.25, 0.3) is 0 Å². The quantitative estimate of drug-likeness (QED) is 0.333. The van der Waals surface area contributed by atoms with E-state index in [2.05, 4.69) is 15.5 Å². The molecule has 0 radical (unpaired) electrons. The molecule has 0 aliphatic rings. The number of hydrogen-bond donors (Lipinski definition) is 1. The van der Waals surface area contributed by atoms with Gasteiger partial charge in [0.1, 0.15) is 12.3 Å². The van der Waals surface area contributed by atoms with E-state index in [-0.39, 0.29) is 10.6 Å². The smallest absolute Gasteiger partial charge is 0.264 e. The van der Waals surface area contributed by atoms with E-state index in [9.17, 15) is 13.2 Å². The van der Waals surface area contributed by atoms with Crippen LogP contribution in [0.15, 0.2) is 63.8 Å². The van der Waals surface area contributed by atoms with Gasteiger partial charge in [-0.2, -0.15) is 0 Å². The summed E-state index contributed by atoms with van der Waals surface area (Å²) in [5.74, 6) is -0.165. The molecule has 1 aromatic heterocycles. The summed E-state index contributed by atoms with van der Waals surface area (Å²) in [5.41, 5.74) is 0.279. The van der Waals surface area contributed by atoms with E-state index in [1.54, 1.807) is 42.5 Å². The second kappa shape index (κ2) is 10.8. The fraction of sp³-hybridized carbons (Fsp3) is 0.286. The third-order valence-corrected chi connectivity index (χ3v) is 7.74. The molecular weight excluding hydrogens is 468 g/mol. The Hall–Kier alpha value is -2.63. The molecule has 0 spiro atoms. The van der Waals surface area contributed by atoms with E-state index < -0.39 is 22.5 Å². The molecule has 2 aromatic carbocycles. The van der Waals surface area contributed by atoms with Crippen LogP contribution in [0.1, 0.15) is 20.8 Å². The summed E-state index contributed by atoms with van der Waals surface area (Å²) in [5, 5.41) is 11.3. The monoisotopic (exact) mass is 492 g/mol. The van der Waals surface area contributed by atoms with Crippen molar-refractivity contribution in [3.63, 3.8) is 0 Å². The number of nitrogens with one attached hydrogen (secondary N) is 1. The summed E-state index contributed by atoms with van der Waals surface area (Å²) in [6.07, 6.45) is 0. The number of nitrogens with zero attached hydrogens (tertiary/aromatic N) is 3. The number of amides is 1. The topological polar surface area (TPSA) is 101 Å². The van der Waals surface area contributed by atoms with Crippen molar-refractivity contribution in [3.05, 3.63) is 54.6 Å². The lowest BCUT2D eigenvalue weighted by Crippen LogP contribution is -2.38. The van der Waals surface area contributed by atoms with E-state index >= 15 is 0 Å². The number of aromatic nitrogens is 2. The SMILES string of the molecule is CCOc1ccccc1N(CC(=O)Nc1nnc(SC(C)C)s1)S(=O)(=O)c1ccccc1. The Bertz CT molecular complexity index is 1150. The Labute approximate surface area is 196 Å². The molecule has 1 amide bonds. The highest BCUT2D eigenvalue weighted by molar-refractivity contribution is 8.01. The van der Waals surface area contributed by atoms with Crippen molar-refractivity contribution in [2.45, 2.75) is 35.3 Å². The minimum absolute atomic E-state index is 0.0747. The molecular formula is C21H24N4O4S3. The molecule has 11 heteroatoms. The summed E-state index contributed by atoms with van der Waals surface area (Å²) in [4.78, 5) is 12.9. The zero-order valence-corrected chi connectivity index (χ0v) is 20.3. The third kappa shape index (κ3) is 5.99. The number of para-hydroxylation sites is 2. The van der Waals surface area contributed by atoms with Crippen molar-refractivity contribution in [1.82, 2.24) is 10.2 Å². The number of carbonyl (C=O) groups excluding carboxylic acids is 1. The number of thioether (sulfide) groups is 1. The van der Waals surface area contributed by atoms with Gasteiger partial charge < -0.3 is 4.74 Å². The number of benzene rings is 2. The Morgan fingerprint density at radius 1 is 1.12 bits per heavy atom. The zero-order chi connectivity index (χ0) is 23.1. The van der Waals surface area contributed by atoms with Gasteiger partial charge in [0.25, 0.3) is 10.0 Å². The summed E-state index contributed by atoms with van der Waals surface area (Å²) in [6, 6.07) is 14.7. The fourth-order valence-electron chi connectivity index (χ4n) is 2.76. The molecule has 170 valence electrons. The number of anilines is 2. The molecule has 0 unspecified atom stereocenters. The molecule has 1 heterocycles. The Balaban J connectivity index is 1.91. The van der Waals surface area contributed by atoms with Gasteiger partial charge >= 0.3 is 0 Å². The minimum atomic E-state index is -4.04. The predicted octanol–water partition coefficient (Wildman–Crippen LogP) is 4.27. The largest absolute Gasteiger partial charge is 0.492 e. The van der Waals surface area contributed by atoms with Crippen LogP contribution in [0.5, 0.6) is 5.75 Å². The number of hydrogen-bond acceptors (Lipinski definition) is 8. The molecule has 3 rings (SSSR count). The highest BCUT2D eigenvalue weighted by Crippen LogP contribution is 2.33. The highest BCUT2D eigenvalue weighted by Gasteiger charge is 2.29. The molecule has 0 bridgehead atoms. The molecule has 8 nitrogen and oxygen atoms in total. The first kappa shape index (κ1) is 24.0. The number of carbonyl (C=O) groups is 1. The van der Waals surface area contributed by atoms with Crippen LogP contribution in [-0.4, -0.2) is 42.9 Å². The van der Waals surface area contributed by atoms with Crippen molar-refractivity contribution in [3.8, 4) is 5.75 Å². The van der Waals surface area contributed by atoms with Crippen molar-refractivity contribution < 1.29 is 17.9 Å². The Morgan fingerprint density at radius 3 is 2.50 bits per heavy atom. The van der Waals surface area contributed by atoms with E-state index in [4.69, 9.17) is 4.74 Å². The first-order valence-electron chi connectivity index (χ1n) is 9.91. The standard InChI is InChI=1S/C21H24N4O4S3/c1-4-29-18-13-9-8-12-17(18)25(32(27,28)16-10-6-5-7-11-16)14-19(26)22-20-23-24-21(31-20)30-15(2)3/h5-13,15H,4,14H2,1-3H3,(H,22,23,26). The van der Waals surface area contributed by atoms with Gasteiger partial charge in [-0.3, -0.25) is 14.4 Å². The number of rotatable bonds is 10. The van der Waals surface area contributed by atoms with Gasteiger partial charge in [-0.1, -0.05) is 67.3 Å². The second-order valence-corrected chi connectivity index (χ2v) is 11.5. The molecule has 0 saturated heterocycles. The van der Waals surface area contributed by atoms with Gasteiger partial charge in [0, 0.05) is 5.25 Å². The van der Waals surface area contributed by atoms with Gasteiger partial charge in [0.2, 0.25) is 11.0 Å². The Kier molecular flexibility index (Phi) is 8.10. The van der Waals surface area contributed by atoms with Crippen molar-refractivity contribution in [2.24, 2.45) is 0 Å². The lowest BCUT2D eigenvalue weighted by atomic mass is 10.3. The molecule has 0 saturated carbocycles. The van der Waals surface area contributed by atoms with Gasteiger partial charge in [-0.15, -0.1) is 10.2 Å². The summed E-state index contributed by atoms with van der Waals surface area (Å²) >= 11 is 2.78.